The third-order valence-electron chi connectivity index (χ3n) is 16.4. The van der Waals surface area contributed by atoms with Gasteiger partial charge in [-0.15, -0.1) is 0 Å². The molecule has 1 aliphatic carbocycles. The van der Waals surface area contributed by atoms with Crippen LogP contribution in [0, 0.1) is 0 Å². The zero-order chi connectivity index (χ0) is 62.5. The van der Waals surface area contributed by atoms with Gasteiger partial charge in [-0.1, -0.05) is 156 Å². The smallest absolute Gasteiger partial charge is 0.269 e. The molecular formula is C60H88O20S4. The standard InChI is InChI=1S/C60H88O20S4/c1-5-9-13-17-21-25-37-41-29-43(55(63)49(53(41)61)33-81(69,70)71)38(26-22-18-14-10-6-2)45-31-47(59(67)51(57(45)65)35-83(75,76)77)40(28-24-20-16-12-8-4)48-32-46(58(66)52(60(48)68)36-84(78,79)80)39(27-23-19-15-11-7-3)44-30-42(37)54(62)50(56(44)64)34-82(72,73)74/h29-32,37-40,61-68H,5-28,33-36H2,1-4H3,(H,69,70,71)(H,72,73,74)(H,75,76,77)(H,78,79,80). The van der Waals surface area contributed by atoms with E-state index in [-0.39, 0.29) is 70.2 Å². The summed E-state index contributed by atoms with van der Waals surface area (Å²) in [6, 6.07) is 5.16. The van der Waals surface area contributed by atoms with Crippen molar-refractivity contribution in [3.05, 3.63) is 91.0 Å². The number of unbranched alkanes of at least 4 members (excludes halogenated alkanes) is 16. The molecule has 8 bridgehead atoms. The minimum Gasteiger partial charge on any atom is -0.507 e. The van der Waals surface area contributed by atoms with Gasteiger partial charge in [-0.25, -0.2) is 0 Å². The van der Waals surface area contributed by atoms with Crippen LogP contribution in [0.2, 0.25) is 0 Å². The van der Waals surface area contributed by atoms with Gasteiger partial charge < -0.3 is 40.9 Å². The molecule has 20 nitrogen and oxygen atoms in total. The third-order valence-corrected chi connectivity index (χ3v) is 19.0. The molecular weight excluding hydrogens is 1170 g/mol. The topological polar surface area (TPSA) is 379 Å². The highest BCUT2D eigenvalue weighted by molar-refractivity contribution is 7.85. The van der Waals surface area contributed by atoms with Crippen LogP contribution in [0.15, 0.2) is 24.3 Å². The Morgan fingerprint density at radius 2 is 0.405 bits per heavy atom. The number of rotatable bonds is 32. The first kappa shape index (κ1) is 69.7. The van der Waals surface area contributed by atoms with Crippen LogP contribution in [-0.2, 0) is 63.5 Å². The van der Waals surface area contributed by atoms with Crippen molar-refractivity contribution in [3.8, 4) is 46.0 Å². The molecule has 84 heavy (non-hydrogen) atoms. The molecule has 0 fully saturated rings. The van der Waals surface area contributed by atoms with Crippen molar-refractivity contribution in [2.75, 3.05) is 0 Å². The first-order valence-electron chi connectivity index (χ1n) is 29.5. The fourth-order valence-corrected chi connectivity index (χ4v) is 14.7. The van der Waals surface area contributed by atoms with Gasteiger partial charge in [-0.2, -0.15) is 33.7 Å². The summed E-state index contributed by atoms with van der Waals surface area (Å²) in [6.07, 6.45) is 12.3. The Hall–Kier alpha value is -5.08. The molecule has 0 saturated carbocycles. The predicted octanol–water partition coefficient (Wildman–Crippen LogP) is 13.2. The average molecular weight is 1260 g/mol. The van der Waals surface area contributed by atoms with Gasteiger partial charge in [0.05, 0.1) is 22.3 Å². The molecule has 0 atom stereocenters. The Balaban J connectivity index is 2.22. The van der Waals surface area contributed by atoms with E-state index in [0.29, 0.717) is 77.0 Å². The minimum absolute atomic E-state index is 0.0561. The summed E-state index contributed by atoms with van der Waals surface area (Å²) >= 11 is 0. The van der Waals surface area contributed by atoms with E-state index >= 15 is 0 Å². The largest absolute Gasteiger partial charge is 0.507 e. The second kappa shape index (κ2) is 30.5. The molecule has 0 amide bonds. The Kier molecular flexibility index (Phi) is 25.3. The van der Waals surface area contributed by atoms with Gasteiger partial charge in [0.25, 0.3) is 40.5 Å². The van der Waals surface area contributed by atoms with Crippen LogP contribution in [0.3, 0.4) is 0 Å². The molecule has 472 valence electrons. The summed E-state index contributed by atoms with van der Waals surface area (Å²) in [5.74, 6) is -18.5. The quantitative estimate of drug-likeness (QED) is 0.0160. The molecule has 12 N–H and O–H groups in total. The molecule has 0 aromatic heterocycles. The Labute approximate surface area is 496 Å². The Morgan fingerprint density at radius 1 is 0.262 bits per heavy atom. The lowest BCUT2D eigenvalue weighted by Crippen LogP contribution is -2.16. The number of fused-ring (bicyclic) bond motifs is 8. The highest BCUT2D eigenvalue weighted by Gasteiger charge is 2.39. The van der Waals surface area contributed by atoms with Crippen LogP contribution in [-0.4, -0.2) is 92.7 Å². The highest BCUT2D eigenvalue weighted by atomic mass is 32.2. The van der Waals surface area contributed by atoms with Crippen molar-refractivity contribution in [1.29, 1.82) is 0 Å². The second-order valence-electron chi connectivity index (χ2n) is 22.9. The number of phenolic OH excluding ortho intramolecular Hbond substituents is 8. The summed E-state index contributed by atoms with van der Waals surface area (Å²) in [5.41, 5.74) is -4.84. The predicted molar refractivity (Wildman–Crippen MR) is 321 cm³/mol. The zero-order valence-electron chi connectivity index (χ0n) is 48.7. The van der Waals surface area contributed by atoms with Gasteiger partial charge in [-0.3, -0.25) is 18.2 Å². The second-order valence-corrected chi connectivity index (χ2v) is 28.7. The Bertz CT molecular complexity index is 2820. The maximum absolute atomic E-state index is 13.0. The molecule has 0 unspecified atom stereocenters. The maximum Gasteiger partial charge on any atom is 0.269 e. The first-order chi connectivity index (χ1) is 39.4. The van der Waals surface area contributed by atoms with Crippen LogP contribution < -0.4 is 0 Å². The summed E-state index contributed by atoms with van der Waals surface area (Å²) in [6.45, 7) is 7.94. The van der Waals surface area contributed by atoms with Crippen molar-refractivity contribution in [2.24, 2.45) is 0 Å². The molecule has 4 aromatic rings. The number of aromatic hydroxyl groups is 8. The Morgan fingerprint density at radius 3 is 0.536 bits per heavy atom. The minimum atomic E-state index is -5.16. The molecule has 0 radical (unpaired) electrons. The lowest BCUT2D eigenvalue weighted by Gasteiger charge is -2.31. The number of hydrogen-bond donors (Lipinski definition) is 12. The van der Waals surface area contributed by atoms with Crippen LogP contribution in [0.25, 0.3) is 0 Å². The average Bonchev–Trinajstić information content (AvgIpc) is 1.22. The maximum atomic E-state index is 13.0. The van der Waals surface area contributed by atoms with E-state index in [9.17, 15) is 92.7 Å². The van der Waals surface area contributed by atoms with E-state index in [0.717, 1.165) is 51.4 Å². The molecule has 5 rings (SSSR count). The van der Waals surface area contributed by atoms with Crippen molar-refractivity contribution in [3.63, 3.8) is 0 Å². The van der Waals surface area contributed by atoms with Crippen LogP contribution in [0.1, 0.15) is 272 Å². The van der Waals surface area contributed by atoms with E-state index in [1.54, 1.807) is 0 Å². The molecule has 24 heteroatoms. The van der Waals surface area contributed by atoms with Gasteiger partial charge in [-0.05, 0) is 49.9 Å². The zero-order valence-corrected chi connectivity index (χ0v) is 51.9. The third kappa shape index (κ3) is 18.5. The summed E-state index contributed by atoms with van der Waals surface area (Å²) < 4.78 is 146. The number of phenols is 8. The molecule has 1 aliphatic rings. The van der Waals surface area contributed by atoms with Gasteiger partial charge in [0, 0.05) is 68.2 Å². The van der Waals surface area contributed by atoms with Crippen LogP contribution in [0.4, 0.5) is 0 Å². The van der Waals surface area contributed by atoms with Gasteiger partial charge in [0.2, 0.25) is 0 Å². The summed E-state index contributed by atoms with van der Waals surface area (Å²) in [4.78, 5) is 0. The normalized spacial score (nSPS) is 16.8. The summed E-state index contributed by atoms with van der Waals surface area (Å²) in [7, 11) is -20.6. The van der Waals surface area contributed by atoms with Crippen LogP contribution >= 0.6 is 0 Å². The number of hydrogen-bond acceptors (Lipinski definition) is 16. The lowest BCUT2D eigenvalue weighted by molar-refractivity contribution is 0.406. The van der Waals surface area contributed by atoms with Gasteiger partial charge in [0.15, 0.2) is 0 Å². The summed E-state index contributed by atoms with van der Waals surface area (Å²) in [5, 5.41) is 101. The van der Waals surface area contributed by atoms with Crippen LogP contribution in [0.5, 0.6) is 46.0 Å². The van der Waals surface area contributed by atoms with E-state index in [4.69, 9.17) is 0 Å². The first-order valence-corrected chi connectivity index (χ1v) is 35.9. The monoisotopic (exact) mass is 1260 g/mol. The van der Waals surface area contributed by atoms with Gasteiger partial charge >= 0.3 is 0 Å². The van der Waals surface area contributed by atoms with Gasteiger partial charge in [0.1, 0.15) is 69.0 Å². The van der Waals surface area contributed by atoms with Crippen molar-refractivity contribution in [1.82, 2.24) is 0 Å². The van der Waals surface area contributed by atoms with E-state index in [2.05, 4.69) is 0 Å². The molecule has 0 heterocycles. The molecule has 0 saturated heterocycles. The number of benzene rings is 4. The fraction of sp³-hybridized carbons (Fsp3) is 0.600. The molecule has 0 aliphatic heterocycles. The van der Waals surface area contributed by atoms with Crippen molar-refractivity contribution < 1.29 is 92.7 Å². The SMILES string of the molecule is CCCCCCCC1c2cc(c(O)c(CS(=O)(=O)O)c2O)C(CCCCCCC)c2cc(c(O)c(CS(=O)(=O)O)c2O)C(CCCCCCC)c2cc(c(O)c(CS(=O)(=O)O)c2O)C(CCCCCCC)c2cc1c(O)c(CS(=O)(=O)O)c2O. The fourth-order valence-electron chi connectivity index (χ4n) is 12.2. The molecule has 4 aromatic carbocycles. The lowest BCUT2D eigenvalue weighted by atomic mass is 9.74. The van der Waals surface area contributed by atoms with E-state index in [1.807, 2.05) is 27.7 Å². The highest BCUT2D eigenvalue weighted by Crippen LogP contribution is 2.56. The van der Waals surface area contributed by atoms with Crippen molar-refractivity contribution in [2.45, 2.75) is 228 Å². The van der Waals surface area contributed by atoms with E-state index < -0.39 is 155 Å². The van der Waals surface area contributed by atoms with Crippen molar-refractivity contribution >= 4 is 40.5 Å². The van der Waals surface area contributed by atoms with E-state index in [1.165, 1.54) is 24.3 Å². The molecule has 0 spiro atoms.